The molecule has 0 aliphatic carbocycles. The number of nitrogens with zero attached hydrogens (tertiary/aromatic N) is 9. The zero-order valence-corrected chi connectivity index (χ0v) is 67.8. The van der Waals surface area contributed by atoms with Crippen molar-refractivity contribution in [2.75, 3.05) is 0 Å². The summed E-state index contributed by atoms with van der Waals surface area (Å²) in [5.41, 5.74) is 6.88. The maximum absolute atomic E-state index is 12.8. The number of fused-ring (bicyclic) bond motifs is 6. The third-order valence-electron chi connectivity index (χ3n) is 13.3. The predicted molar refractivity (Wildman–Crippen MR) is 421 cm³/mol. The van der Waals surface area contributed by atoms with E-state index >= 15 is 0 Å². The molecule has 0 atom stereocenters. The van der Waals surface area contributed by atoms with Crippen LogP contribution in [0.15, 0.2) is 144 Å². The topological polar surface area (TPSA) is 153 Å². The Labute approximate surface area is 625 Å². The number of oxazole rings is 2. The standard InChI is InChI=1S/C11H10N2S.2C10H10BrNS.2C10H10ClNS.C10H10FNS.C6H8BrNO.C6H8FNO/c1-7(2)11-13-9-4-3-8(6-12)5-10(9)14-11;1-6(2)10-12-8-5-7(11)3-4-9(8)13-10;1-6(2)10-12-8-4-3-7(11)5-9(8)13-10;1-6(2)10-12-8-5-7(11)3-4-9(8)13-10;2*1-6(2)10-12-8-4-3-7(11)5-9(8)13-10;2*1-4(2)6-8-5(7)3-9-6/h3-5,7H,1-2H3;5*3-6H,1-2H3;2*3-4H,1-2H3. The molecule has 14 rings (SSSR count). The Hall–Kier alpha value is -5.55. The molecule has 24 heteroatoms. The van der Waals surface area contributed by atoms with Gasteiger partial charge in [0, 0.05) is 66.3 Å². The summed E-state index contributed by atoms with van der Waals surface area (Å²) in [6.45, 7) is 33.6. The van der Waals surface area contributed by atoms with E-state index in [0.717, 1.165) is 88.3 Å². The van der Waals surface area contributed by atoms with E-state index in [-0.39, 0.29) is 11.7 Å². The molecule has 6 aromatic carbocycles. The van der Waals surface area contributed by atoms with Crippen molar-refractivity contribution >= 4 is 200 Å². The summed E-state index contributed by atoms with van der Waals surface area (Å²) in [6, 6.07) is 36.6. The van der Waals surface area contributed by atoms with Crippen molar-refractivity contribution in [3.8, 4) is 6.07 Å². The van der Waals surface area contributed by atoms with Crippen LogP contribution in [0.2, 0.25) is 10.0 Å². The van der Waals surface area contributed by atoms with Gasteiger partial charge in [0.05, 0.1) is 103 Å². The van der Waals surface area contributed by atoms with Crippen LogP contribution in [-0.4, -0.2) is 39.9 Å². The minimum absolute atomic E-state index is 0.162. The predicted octanol–water partition coefficient (Wildman–Crippen LogP) is 27.9. The second-order valence-electron chi connectivity index (χ2n) is 24.4. The minimum atomic E-state index is -0.543. The van der Waals surface area contributed by atoms with Crippen molar-refractivity contribution in [3.05, 3.63) is 204 Å². The molecule has 14 aromatic rings. The molecular formula is C73H76Br3Cl2F2N9O2S6. The normalized spacial score (nSPS) is 11.2. The van der Waals surface area contributed by atoms with E-state index < -0.39 is 5.95 Å². The highest BCUT2D eigenvalue weighted by Gasteiger charge is 2.13. The van der Waals surface area contributed by atoms with E-state index in [1.54, 1.807) is 86.4 Å². The van der Waals surface area contributed by atoms with Gasteiger partial charge in [-0.3, -0.25) is 0 Å². The van der Waals surface area contributed by atoms with Gasteiger partial charge in [-0.15, -0.1) is 68.0 Å². The number of aromatic nitrogens is 8. The molecule has 8 aromatic heterocycles. The van der Waals surface area contributed by atoms with Crippen LogP contribution in [0.1, 0.15) is 206 Å². The molecule has 0 aliphatic rings. The van der Waals surface area contributed by atoms with Crippen molar-refractivity contribution in [2.45, 2.75) is 158 Å². The first-order chi connectivity index (χ1) is 45.9. The van der Waals surface area contributed by atoms with Gasteiger partial charge in [-0.1, -0.05) is 166 Å². The van der Waals surface area contributed by atoms with Crippen LogP contribution in [0.25, 0.3) is 61.3 Å². The maximum Gasteiger partial charge on any atom is 0.251 e. The van der Waals surface area contributed by atoms with Gasteiger partial charge >= 0.3 is 0 Å². The van der Waals surface area contributed by atoms with Crippen LogP contribution in [-0.2, 0) is 0 Å². The molecule has 0 amide bonds. The number of thiazole rings is 6. The maximum atomic E-state index is 12.8. The molecule has 510 valence electrons. The molecule has 0 radical (unpaired) electrons. The zero-order valence-electron chi connectivity index (χ0n) is 56.6. The zero-order chi connectivity index (χ0) is 70.9. The number of nitriles is 1. The van der Waals surface area contributed by atoms with Crippen LogP contribution in [0.4, 0.5) is 8.78 Å². The van der Waals surface area contributed by atoms with E-state index in [1.165, 1.54) is 44.9 Å². The fraction of sp³-hybridized carbons (Fsp3) is 0.329. The van der Waals surface area contributed by atoms with Crippen molar-refractivity contribution < 1.29 is 17.6 Å². The molecule has 0 N–H and O–H groups in total. The lowest BCUT2D eigenvalue weighted by Gasteiger charge is -1.94. The van der Waals surface area contributed by atoms with E-state index in [9.17, 15) is 8.78 Å². The highest BCUT2D eigenvalue weighted by Crippen LogP contribution is 2.34. The SMILES string of the molecule is CC(C)c1nc(Br)co1.CC(C)c1nc(F)co1.CC(C)c1nc2cc(Br)ccc2s1.CC(C)c1nc2cc(Cl)ccc2s1.CC(C)c1nc2ccc(Br)cc2s1.CC(C)c1nc2ccc(C#N)cc2s1.CC(C)c1nc2ccc(Cl)cc2s1.CC(C)c1nc2ccc(F)cc2s1. The Kier molecular flexibility index (Phi) is 30.2. The molecule has 97 heavy (non-hydrogen) atoms. The van der Waals surface area contributed by atoms with Crippen molar-refractivity contribution in [2.24, 2.45) is 0 Å². The molecule has 0 bridgehead atoms. The lowest BCUT2D eigenvalue weighted by atomic mass is 10.2. The molecule has 11 nitrogen and oxygen atoms in total. The third-order valence-corrected chi connectivity index (χ3v) is 23.1. The second kappa shape index (κ2) is 37.2. The summed E-state index contributed by atoms with van der Waals surface area (Å²) in [5.74, 6) is 3.95. The fourth-order valence-corrected chi connectivity index (χ4v) is 15.6. The lowest BCUT2D eigenvalue weighted by molar-refractivity contribution is 0.468. The molecule has 0 saturated heterocycles. The Morgan fingerprint density at radius 3 is 1.13 bits per heavy atom. The van der Waals surface area contributed by atoms with Gasteiger partial charge in [0.1, 0.15) is 22.9 Å². The van der Waals surface area contributed by atoms with Crippen LogP contribution in [0, 0.1) is 23.1 Å². The van der Waals surface area contributed by atoms with E-state index in [0.29, 0.717) is 52.9 Å². The van der Waals surface area contributed by atoms with Gasteiger partial charge in [0.2, 0.25) is 0 Å². The summed E-state index contributed by atoms with van der Waals surface area (Å²) in [5, 5.41) is 17.3. The Morgan fingerprint density at radius 2 is 0.711 bits per heavy atom. The Bertz CT molecular complexity index is 4330. The summed E-state index contributed by atoms with van der Waals surface area (Å²) in [7, 11) is 0. The lowest BCUT2D eigenvalue weighted by Crippen LogP contribution is -1.85. The molecule has 0 spiro atoms. The molecule has 0 unspecified atom stereocenters. The number of halogens is 7. The quantitative estimate of drug-likeness (QED) is 0.143. The van der Waals surface area contributed by atoms with E-state index in [1.807, 2.05) is 88.4 Å². The van der Waals surface area contributed by atoms with Gasteiger partial charge in [-0.25, -0.2) is 39.3 Å². The van der Waals surface area contributed by atoms with Gasteiger partial charge in [0.15, 0.2) is 11.8 Å². The molecular weight excluding hydrogens is 1580 g/mol. The second-order valence-corrected chi connectivity index (χ2v) is 34.3. The fourth-order valence-electron chi connectivity index (χ4n) is 8.14. The van der Waals surface area contributed by atoms with Crippen molar-refractivity contribution in [1.29, 1.82) is 5.26 Å². The van der Waals surface area contributed by atoms with Gasteiger partial charge in [-0.05, 0) is 125 Å². The Balaban J connectivity index is 0.000000157. The van der Waals surface area contributed by atoms with E-state index in [2.05, 4.69) is 207 Å². The molecule has 0 fully saturated rings. The highest BCUT2D eigenvalue weighted by atomic mass is 79.9. The summed E-state index contributed by atoms with van der Waals surface area (Å²) < 4.78 is 44.7. The highest BCUT2D eigenvalue weighted by molar-refractivity contribution is 9.11. The van der Waals surface area contributed by atoms with Crippen LogP contribution >= 0.6 is 139 Å². The first kappa shape index (κ1) is 78.8. The number of rotatable bonds is 8. The Morgan fingerprint density at radius 1 is 0.361 bits per heavy atom. The van der Waals surface area contributed by atoms with Crippen LogP contribution < -0.4 is 0 Å². The summed E-state index contributed by atoms with van der Waals surface area (Å²) in [4.78, 5) is 34.6. The monoisotopic (exact) mass is 1650 g/mol. The minimum Gasteiger partial charge on any atom is -0.447 e. The largest absolute Gasteiger partial charge is 0.447 e. The van der Waals surface area contributed by atoms with Crippen LogP contribution in [0.3, 0.4) is 0 Å². The van der Waals surface area contributed by atoms with Gasteiger partial charge in [0.25, 0.3) is 5.95 Å². The average Bonchev–Trinajstić information content (AvgIpc) is 1.74. The first-order valence-corrected chi connectivity index (χ1v) is 39.3. The van der Waals surface area contributed by atoms with Gasteiger partial charge in [-0.2, -0.15) is 14.6 Å². The number of hydrogen-bond acceptors (Lipinski definition) is 17. The molecule has 8 heterocycles. The summed E-state index contributed by atoms with van der Waals surface area (Å²) in [6.07, 6.45) is 2.60. The number of hydrogen-bond donors (Lipinski definition) is 0. The van der Waals surface area contributed by atoms with E-state index in [4.69, 9.17) is 37.3 Å². The van der Waals surface area contributed by atoms with Crippen molar-refractivity contribution in [1.82, 2.24) is 39.9 Å². The number of benzene rings is 6. The van der Waals surface area contributed by atoms with Gasteiger partial charge < -0.3 is 8.83 Å². The molecule has 0 saturated carbocycles. The summed E-state index contributed by atoms with van der Waals surface area (Å²) >= 11 is 32.1. The first-order valence-electron chi connectivity index (χ1n) is 31.3. The molecule has 0 aliphatic heterocycles. The average molecular weight is 1650 g/mol. The third kappa shape index (κ3) is 23.8. The smallest absolute Gasteiger partial charge is 0.251 e. The van der Waals surface area contributed by atoms with Crippen LogP contribution in [0.5, 0.6) is 0 Å². The van der Waals surface area contributed by atoms with Crippen molar-refractivity contribution in [3.63, 3.8) is 0 Å².